The SMILES string of the molecule is CC(c1ccncc1)N(C)C(=O)c1ccc(N)c(Cl)c1. The standard InChI is InChI=1S/C15H16ClN3O/c1-10(11-5-7-18-8-6-11)19(2)15(20)12-3-4-14(17)13(16)9-12/h3-10H,17H2,1-2H3. The van der Waals surface area contributed by atoms with Crippen molar-refractivity contribution in [2.45, 2.75) is 13.0 Å². The van der Waals surface area contributed by atoms with Gasteiger partial charge in [-0.3, -0.25) is 9.78 Å². The molecular formula is C15H16ClN3O. The zero-order valence-electron chi connectivity index (χ0n) is 11.4. The molecule has 2 aromatic rings. The van der Waals surface area contributed by atoms with E-state index < -0.39 is 0 Å². The monoisotopic (exact) mass is 289 g/mol. The predicted octanol–water partition coefficient (Wildman–Crippen LogP) is 3.15. The number of anilines is 1. The number of halogens is 1. The first-order valence-electron chi connectivity index (χ1n) is 6.23. The van der Waals surface area contributed by atoms with Crippen LogP contribution in [0.3, 0.4) is 0 Å². The zero-order valence-corrected chi connectivity index (χ0v) is 12.1. The Labute approximate surface area is 123 Å². The fraction of sp³-hybridized carbons (Fsp3) is 0.200. The highest BCUT2D eigenvalue weighted by Gasteiger charge is 2.19. The number of nitrogen functional groups attached to an aromatic ring is 1. The van der Waals surface area contributed by atoms with Gasteiger partial charge in [-0.1, -0.05) is 11.6 Å². The Hall–Kier alpha value is -2.07. The largest absolute Gasteiger partial charge is 0.398 e. The lowest BCUT2D eigenvalue weighted by Crippen LogP contribution is -2.29. The van der Waals surface area contributed by atoms with Crippen LogP contribution in [0.4, 0.5) is 5.69 Å². The minimum atomic E-state index is -0.101. The van der Waals surface area contributed by atoms with E-state index in [-0.39, 0.29) is 11.9 Å². The van der Waals surface area contributed by atoms with Gasteiger partial charge in [-0.05, 0) is 42.8 Å². The van der Waals surface area contributed by atoms with Crippen LogP contribution in [0.15, 0.2) is 42.7 Å². The highest BCUT2D eigenvalue weighted by atomic mass is 35.5. The Morgan fingerprint density at radius 1 is 1.30 bits per heavy atom. The Balaban J connectivity index is 2.22. The van der Waals surface area contributed by atoms with Crippen LogP contribution in [0.25, 0.3) is 0 Å². The second-order valence-corrected chi connectivity index (χ2v) is 5.02. The molecular weight excluding hydrogens is 274 g/mol. The summed E-state index contributed by atoms with van der Waals surface area (Å²) < 4.78 is 0. The van der Waals surface area contributed by atoms with Gasteiger partial charge in [0.05, 0.1) is 16.8 Å². The summed E-state index contributed by atoms with van der Waals surface area (Å²) in [6, 6.07) is 8.64. The van der Waals surface area contributed by atoms with E-state index in [0.29, 0.717) is 16.3 Å². The molecule has 4 nitrogen and oxygen atoms in total. The van der Waals surface area contributed by atoms with Gasteiger partial charge in [-0.2, -0.15) is 0 Å². The number of benzene rings is 1. The molecule has 0 saturated carbocycles. The summed E-state index contributed by atoms with van der Waals surface area (Å²) in [5.74, 6) is -0.101. The third kappa shape index (κ3) is 2.91. The zero-order chi connectivity index (χ0) is 14.7. The molecule has 0 saturated heterocycles. The van der Waals surface area contributed by atoms with Gasteiger partial charge < -0.3 is 10.6 Å². The van der Waals surface area contributed by atoms with Crippen molar-refractivity contribution < 1.29 is 4.79 Å². The molecule has 1 aromatic carbocycles. The molecule has 2 rings (SSSR count). The van der Waals surface area contributed by atoms with Gasteiger partial charge >= 0.3 is 0 Å². The van der Waals surface area contributed by atoms with Crippen molar-refractivity contribution in [3.8, 4) is 0 Å². The molecule has 1 aromatic heterocycles. The van der Waals surface area contributed by atoms with Gasteiger partial charge in [0.25, 0.3) is 5.91 Å². The fourth-order valence-corrected chi connectivity index (χ4v) is 2.09. The van der Waals surface area contributed by atoms with E-state index in [1.165, 1.54) is 0 Å². The average molecular weight is 290 g/mol. The van der Waals surface area contributed by atoms with E-state index in [1.54, 1.807) is 42.5 Å². The Kier molecular flexibility index (Phi) is 4.25. The van der Waals surface area contributed by atoms with Crippen molar-refractivity contribution >= 4 is 23.2 Å². The second-order valence-electron chi connectivity index (χ2n) is 4.61. The van der Waals surface area contributed by atoms with E-state index in [1.807, 2.05) is 19.1 Å². The third-order valence-corrected chi connectivity index (χ3v) is 3.66. The maximum atomic E-state index is 12.4. The number of nitrogens with zero attached hydrogens (tertiary/aromatic N) is 2. The van der Waals surface area contributed by atoms with Gasteiger partial charge in [0, 0.05) is 25.0 Å². The summed E-state index contributed by atoms with van der Waals surface area (Å²) in [6.07, 6.45) is 3.43. The quantitative estimate of drug-likeness (QED) is 0.883. The molecule has 1 atom stereocenters. The highest BCUT2D eigenvalue weighted by molar-refractivity contribution is 6.33. The summed E-state index contributed by atoms with van der Waals surface area (Å²) >= 11 is 5.96. The molecule has 5 heteroatoms. The smallest absolute Gasteiger partial charge is 0.254 e. The van der Waals surface area contributed by atoms with Gasteiger partial charge in [0.15, 0.2) is 0 Å². The first kappa shape index (κ1) is 14.3. The van der Waals surface area contributed by atoms with Crippen LogP contribution in [-0.4, -0.2) is 22.8 Å². The first-order valence-corrected chi connectivity index (χ1v) is 6.60. The Bertz CT molecular complexity index is 616. The van der Waals surface area contributed by atoms with Crippen LogP contribution >= 0.6 is 11.6 Å². The number of hydrogen-bond acceptors (Lipinski definition) is 3. The van der Waals surface area contributed by atoms with Crippen LogP contribution in [-0.2, 0) is 0 Å². The minimum absolute atomic E-state index is 0.0539. The lowest BCUT2D eigenvalue weighted by atomic mass is 10.1. The fourth-order valence-electron chi connectivity index (χ4n) is 1.91. The summed E-state index contributed by atoms with van der Waals surface area (Å²) in [7, 11) is 1.76. The van der Waals surface area contributed by atoms with Gasteiger partial charge in [0.1, 0.15) is 0 Å². The maximum absolute atomic E-state index is 12.4. The number of carbonyl (C=O) groups excluding carboxylic acids is 1. The van der Waals surface area contributed by atoms with E-state index in [2.05, 4.69) is 4.98 Å². The van der Waals surface area contributed by atoms with Crippen molar-refractivity contribution in [2.24, 2.45) is 0 Å². The molecule has 0 aliphatic rings. The number of pyridine rings is 1. The number of hydrogen-bond donors (Lipinski definition) is 1. The summed E-state index contributed by atoms with van der Waals surface area (Å²) in [6.45, 7) is 1.96. The molecule has 2 N–H and O–H groups in total. The molecule has 0 spiro atoms. The number of rotatable bonds is 3. The average Bonchev–Trinajstić information content (AvgIpc) is 2.48. The van der Waals surface area contributed by atoms with Crippen LogP contribution in [0.1, 0.15) is 28.9 Å². The van der Waals surface area contributed by atoms with Crippen molar-refractivity contribution in [1.82, 2.24) is 9.88 Å². The van der Waals surface area contributed by atoms with Gasteiger partial charge in [-0.15, -0.1) is 0 Å². The van der Waals surface area contributed by atoms with Gasteiger partial charge in [0.2, 0.25) is 0 Å². The maximum Gasteiger partial charge on any atom is 0.254 e. The third-order valence-electron chi connectivity index (χ3n) is 3.34. The minimum Gasteiger partial charge on any atom is -0.398 e. The van der Waals surface area contributed by atoms with Crippen molar-refractivity contribution in [3.05, 3.63) is 58.9 Å². The summed E-state index contributed by atoms with van der Waals surface area (Å²) in [4.78, 5) is 18.1. The lowest BCUT2D eigenvalue weighted by Gasteiger charge is -2.25. The number of aromatic nitrogens is 1. The molecule has 0 aliphatic carbocycles. The normalized spacial score (nSPS) is 11.9. The van der Waals surface area contributed by atoms with E-state index in [0.717, 1.165) is 5.56 Å². The van der Waals surface area contributed by atoms with E-state index in [4.69, 9.17) is 17.3 Å². The second kappa shape index (κ2) is 5.92. The Morgan fingerprint density at radius 3 is 2.55 bits per heavy atom. The molecule has 0 radical (unpaired) electrons. The molecule has 0 bridgehead atoms. The van der Waals surface area contributed by atoms with Crippen LogP contribution < -0.4 is 5.73 Å². The molecule has 0 fully saturated rings. The molecule has 104 valence electrons. The highest BCUT2D eigenvalue weighted by Crippen LogP contribution is 2.23. The number of carbonyl (C=O) groups is 1. The first-order chi connectivity index (χ1) is 9.50. The van der Waals surface area contributed by atoms with Crippen molar-refractivity contribution in [2.75, 3.05) is 12.8 Å². The lowest BCUT2D eigenvalue weighted by molar-refractivity contribution is 0.0742. The summed E-state index contributed by atoms with van der Waals surface area (Å²) in [5, 5.41) is 0.390. The Morgan fingerprint density at radius 2 is 1.95 bits per heavy atom. The molecule has 1 unspecified atom stereocenters. The van der Waals surface area contributed by atoms with Crippen molar-refractivity contribution in [3.63, 3.8) is 0 Å². The molecule has 20 heavy (non-hydrogen) atoms. The number of nitrogens with two attached hydrogens (primary N) is 1. The van der Waals surface area contributed by atoms with Crippen LogP contribution in [0, 0.1) is 0 Å². The van der Waals surface area contributed by atoms with Crippen LogP contribution in [0.2, 0.25) is 5.02 Å². The van der Waals surface area contributed by atoms with E-state index >= 15 is 0 Å². The molecule has 0 aliphatic heterocycles. The predicted molar refractivity (Wildman–Crippen MR) is 80.6 cm³/mol. The van der Waals surface area contributed by atoms with Crippen molar-refractivity contribution in [1.29, 1.82) is 0 Å². The van der Waals surface area contributed by atoms with Crippen LogP contribution in [0.5, 0.6) is 0 Å². The number of amides is 1. The van der Waals surface area contributed by atoms with E-state index in [9.17, 15) is 4.79 Å². The molecule has 1 heterocycles. The van der Waals surface area contributed by atoms with Gasteiger partial charge in [-0.25, -0.2) is 0 Å². The summed E-state index contributed by atoms with van der Waals surface area (Å²) in [5.41, 5.74) is 7.66. The molecule has 1 amide bonds. The topological polar surface area (TPSA) is 59.2 Å².